The minimum absolute atomic E-state index is 0.0228. The zero-order valence-corrected chi connectivity index (χ0v) is 21.7. The van der Waals surface area contributed by atoms with E-state index in [9.17, 15) is 17.9 Å². The van der Waals surface area contributed by atoms with Crippen LogP contribution in [0.1, 0.15) is 24.8 Å². The predicted octanol–water partition coefficient (Wildman–Crippen LogP) is 5.80. The van der Waals surface area contributed by atoms with Crippen molar-refractivity contribution >= 4 is 29.5 Å². The molecule has 0 aromatic heterocycles. The van der Waals surface area contributed by atoms with Gasteiger partial charge in [-0.25, -0.2) is 17.2 Å². The van der Waals surface area contributed by atoms with E-state index >= 15 is 4.39 Å². The van der Waals surface area contributed by atoms with Gasteiger partial charge in [0, 0.05) is 31.2 Å². The summed E-state index contributed by atoms with van der Waals surface area (Å²) in [5.41, 5.74) is -0.212. The highest BCUT2D eigenvalue weighted by Crippen LogP contribution is 2.49. The van der Waals surface area contributed by atoms with Crippen LogP contribution in [0.3, 0.4) is 0 Å². The maximum absolute atomic E-state index is 15.0. The average molecular weight is 517 g/mol. The smallest absolute Gasteiger partial charge is 0.188 e. The maximum atomic E-state index is 15.0. The maximum Gasteiger partial charge on any atom is 0.188 e. The molecule has 0 spiro atoms. The number of ether oxygens (including phenoxy) is 1. The van der Waals surface area contributed by atoms with Gasteiger partial charge in [-0.2, -0.15) is 0 Å². The normalized spacial score (nSPS) is 24.1. The number of aliphatic hydroxyl groups is 1. The van der Waals surface area contributed by atoms with E-state index in [0.717, 1.165) is 24.2 Å². The number of aliphatic hydroxyl groups excluding tert-OH is 1. The van der Waals surface area contributed by atoms with E-state index < -0.39 is 46.3 Å². The van der Waals surface area contributed by atoms with Crippen molar-refractivity contribution < 1.29 is 27.0 Å². The molecular formula is C24H31ClF2O4SSi. The van der Waals surface area contributed by atoms with E-state index in [4.69, 9.17) is 16.3 Å². The van der Waals surface area contributed by atoms with Crippen LogP contribution < -0.4 is 0 Å². The van der Waals surface area contributed by atoms with Crippen LogP contribution in [0.2, 0.25) is 30.7 Å². The summed E-state index contributed by atoms with van der Waals surface area (Å²) in [6.45, 7) is 7.34. The molecule has 182 valence electrons. The Balaban J connectivity index is 2.02. The summed E-state index contributed by atoms with van der Waals surface area (Å²) in [7, 11) is -5.49. The summed E-state index contributed by atoms with van der Waals surface area (Å²) in [6.07, 6.45) is -0.774. The molecule has 0 aliphatic heterocycles. The van der Waals surface area contributed by atoms with E-state index in [1.165, 1.54) is 24.3 Å². The van der Waals surface area contributed by atoms with Gasteiger partial charge in [-0.15, -0.1) is 0 Å². The zero-order valence-electron chi connectivity index (χ0n) is 19.2. The van der Waals surface area contributed by atoms with Crippen molar-refractivity contribution in [1.82, 2.24) is 0 Å². The summed E-state index contributed by atoms with van der Waals surface area (Å²) in [5.74, 6) is -2.04. The van der Waals surface area contributed by atoms with Crippen molar-refractivity contribution in [2.75, 3.05) is 13.2 Å². The summed E-state index contributed by atoms with van der Waals surface area (Å²) < 4.78 is 61.2. The fourth-order valence-electron chi connectivity index (χ4n) is 4.38. The molecule has 1 saturated carbocycles. The van der Waals surface area contributed by atoms with Crippen LogP contribution in [0.25, 0.3) is 0 Å². The van der Waals surface area contributed by atoms with Crippen molar-refractivity contribution in [2.24, 2.45) is 5.92 Å². The molecule has 0 saturated heterocycles. The van der Waals surface area contributed by atoms with E-state index in [1.807, 2.05) is 0 Å². The molecule has 4 nitrogen and oxygen atoms in total. The molecule has 1 aliphatic carbocycles. The lowest BCUT2D eigenvalue weighted by atomic mass is 9.75. The number of hydrogen-bond donors (Lipinski definition) is 1. The summed E-state index contributed by atoms with van der Waals surface area (Å²) in [4.78, 5) is -0.0228. The standard InChI is InChI=1S/C24H31ClF2O4SSi/c1-33(2,3)13-12-31-16-17-15-24(11-10-23(17)28,21-14-19(26)6-9-22(21)27)32(29,30)20-7-4-18(25)5-8-20/h4-9,14,17,23,28H,10-13,15-16H2,1-3H3/t17-,23+,24+/m0/s1. The average Bonchev–Trinajstić information content (AvgIpc) is 2.74. The Morgan fingerprint density at radius 1 is 1.15 bits per heavy atom. The van der Waals surface area contributed by atoms with Crippen LogP contribution in [0, 0.1) is 17.6 Å². The first-order valence-corrected chi connectivity index (χ1v) is 16.6. The highest BCUT2D eigenvalue weighted by Gasteiger charge is 2.52. The number of hydrogen-bond acceptors (Lipinski definition) is 4. The fourth-order valence-corrected chi connectivity index (χ4v) is 7.48. The molecule has 2 aromatic carbocycles. The van der Waals surface area contributed by atoms with Crippen molar-refractivity contribution in [3.63, 3.8) is 0 Å². The third-order valence-corrected chi connectivity index (χ3v) is 10.8. The third kappa shape index (κ3) is 5.85. The van der Waals surface area contributed by atoms with Crippen LogP contribution in [0.15, 0.2) is 47.4 Å². The lowest BCUT2D eigenvalue weighted by molar-refractivity contribution is -0.00277. The highest BCUT2D eigenvalue weighted by atomic mass is 35.5. The molecule has 0 bridgehead atoms. The van der Waals surface area contributed by atoms with Gasteiger partial charge in [0.05, 0.1) is 17.6 Å². The Morgan fingerprint density at radius 3 is 2.45 bits per heavy atom. The lowest BCUT2D eigenvalue weighted by Gasteiger charge is -2.43. The quantitative estimate of drug-likeness (QED) is 0.355. The predicted molar refractivity (Wildman–Crippen MR) is 129 cm³/mol. The van der Waals surface area contributed by atoms with Crippen molar-refractivity contribution in [3.05, 3.63) is 64.7 Å². The number of halogens is 3. The van der Waals surface area contributed by atoms with E-state index in [-0.39, 0.29) is 36.3 Å². The van der Waals surface area contributed by atoms with Gasteiger partial charge >= 0.3 is 0 Å². The van der Waals surface area contributed by atoms with Gasteiger partial charge < -0.3 is 9.84 Å². The van der Waals surface area contributed by atoms with Gasteiger partial charge in [0.2, 0.25) is 0 Å². The molecule has 9 heteroatoms. The summed E-state index contributed by atoms with van der Waals surface area (Å²) in [5, 5.41) is 11.0. The topological polar surface area (TPSA) is 63.6 Å². The van der Waals surface area contributed by atoms with Crippen molar-refractivity contribution in [3.8, 4) is 0 Å². The summed E-state index contributed by atoms with van der Waals surface area (Å²) >= 11 is 5.94. The number of rotatable bonds is 8. The van der Waals surface area contributed by atoms with Gasteiger partial charge in [-0.1, -0.05) is 31.2 Å². The second kappa shape index (κ2) is 10.1. The largest absolute Gasteiger partial charge is 0.393 e. The molecule has 3 atom stereocenters. The van der Waals surface area contributed by atoms with Crippen molar-refractivity contribution in [2.45, 2.75) is 60.7 Å². The number of sulfone groups is 1. The molecule has 2 aromatic rings. The molecule has 3 rings (SSSR count). The minimum atomic E-state index is -4.17. The summed E-state index contributed by atoms with van der Waals surface area (Å²) in [6, 6.07) is 9.48. The zero-order chi connectivity index (χ0) is 24.4. The SMILES string of the molecule is C[Si](C)(C)CCOC[C@@H]1C[C@](c2cc(F)ccc2F)(S(=O)(=O)c2ccc(Cl)cc2)CC[C@H]1O. The highest BCUT2D eigenvalue weighted by molar-refractivity contribution is 7.92. The first kappa shape index (κ1) is 26.3. The van der Waals surface area contributed by atoms with Crippen molar-refractivity contribution in [1.29, 1.82) is 0 Å². The molecule has 1 aliphatic rings. The Kier molecular flexibility index (Phi) is 8.06. The van der Waals surface area contributed by atoms with E-state index in [0.29, 0.717) is 11.6 Å². The van der Waals surface area contributed by atoms with Gasteiger partial charge in [-0.3, -0.25) is 0 Å². The Bertz CT molecular complexity index is 1070. The molecule has 0 radical (unpaired) electrons. The molecule has 1 fully saturated rings. The van der Waals surface area contributed by atoms with Crippen LogP contribution in [0.5, 0.6) is 0 Å². The van der Waals surface area contributed by atoms with E-state index in [2.05, 4.69) is 19.6 Å². The first-order valence-electron chi connectivity index (χ1n) is 11.1. The molecule has 0 heterocycles. The number of benzene rings is 2. The van der Waals surface area contributed by atoms with Crippen LogP contribution in [0.4, 0.5) is 8.78 Å². The van der Waals surface area contributed by atoms with Gasteiger partial charge in [0.25, 0.3) is 0 Å². The molecule has 1 N–H and O–H groups in total. The monoisotopic (exact) mass is 516 g/mol. The fraction of sp³-hybridized carbons (Fsp3) is 0.500. The van der Waals surface area contributed by atoms with Crippen LogP contribution in [-0.2, 0) is 19.3 Å². The third-order valence-electron chi connectivity index (χ3n) is 6.37. The second-order valence-corrected chi connectivity index (χ2v) is 18.3. The van der Waals surface area contributed by atoms with Gasteiger partial charge in [-0.05, 0) is 67.8 Å². The molecule has 0 unspecified atom stereocenters. The lowest BCUT2D eigenvalue weighted by Crippen LogP contribution is -2.47. The van der Waals surface area contributed by atoms with E-state index in [1.54, 1.807) is 0 Å². The second-order valence-electron chi connectivity index (χ2n) is 10.0. The Labute approximate surface area is 200 Å². The van der Waals surface area contributed by atoms with Crippen LogP contribution >= 0.6 is 11.6 Å². The minimum Gasteiger partial charge on any atom is -0.393 e. The molecule has 33 heavy (non-hydrogen) atoms. The molecule has 0 amide bonds. The first-order chi connectivity index (χ1) is 15.4. The molecular weight excluding hydrogens is 486 g/mol. The van der Waals surface area contributed by atoms with Crippen LogP contribution in [-0.4, -0.2) is 40.9 Å². The van der Waals surface area contributed by atoms with Gasteiger partial charge in [0.15, 0.2) is 9.84 Å². The van der Waals surface area contributed by atoms with Gasteiger partial charge in [0.1, 0.15) is 16.4 Å². The Morgan fingerprint density at radius 2 is 1.82 bits per heavy atom. The Hall–Kier alpha value is -1.32.